The van der Waals surface area contributed by atoms with Gasteiger partial charge in [-0.15, -0.1) is 0 Å². The van der Waals surface area contributed by atoms with Gasteiger partial charge < -0.3 is 15.4 Å². The lowest BCUT2D eigenvalue weighted by molar-refractivity contribution is 0.195. The van der Waals surface area contributed by atoms with E-state index < -0.39 is 10.0 Å². The van der Waals surface area contributed by atoms with Crippen LogP contribution < -0.4 is 15.4 Å². The van der Waals surface area contributed by atoms with Crippen LogP contribution >= 0.6 is 0 Å². The predicted molar refractivity (Wildman–Crippen MR) is 92.0 cm³/mol. The molecule has 0 aromatic heterocycles. The monoisotopic (exact) mass is 342 g/mol. The van der Waals surface area contributed by atoms with Crippen molar-refractivity contribution >= 4 is 16.0 Å². The predicted octanol–water partition coefficient (Wildman–Crippen LogP) is 0.686. The molecular weight excluding hydrogens is 316 g/mol. The normalized spacial score (nSPS) is 12.2. The maximum Gasteiger partial charge on any atom is 0.240 e. The molecule has 0 saturated heterocycles. The van der Waals surface area contributed by atoms with Gasteiger partial charge in [-0.2, -0.15) is 0 Å². The molecule has 8 heteroatoms. The number of ether oxygens (including phenoxy) is 1. The zero-order chi connectivity index (χ0) is 17.1. The third kappa shape index (κ3) is 6.98. The molecule has 0 aliphatic rings. The fraction of sp³-hybridized carbons (Fsp3) is 0.533. The number of hydrogen-bond acceptors (Lipinski definition) is 4. The summed E-state index contributed by atoms with van der Waals surface area (Å²) in [4.78, 5) is 4.71. The Morgan fingerprint density at radius 1 is 1.30 bits per heavy atom. The van der Waals surface area contributed by atoms with Crippen LogP contribution in [0, 0.1) is 0 Å². The Kier molecular flexibility index (Phi) is 8.60. The van der Waals surface area contributed by atoms with E-state index in [-0.39, 0.29) is 4.90 Å². The van der Waals surface area contributed by atoms with E-state index in [0.717, 1.165) is 25.1 Å². The number of sulfonamides is 1. The number of rotatable bonds is 9. The maximum atomic E-state index is 11.8. The first kappa shape index (κ1) is 19.4. The summed E-state index contributed by atoms with van der Waals surface area (Å²) in [6.45, 7) is 4.59. The average molecular weight is 342 g/mol. The highest BCUT2D eigenvalue weighted by atomic mass is 32.2. The summed E-state index contributed by atoms with van der Waals surface area (Å²) in [6, 6.07) is 6.76. The second kappa shape index (κ2) is 10.2. The van der Waals surface area contributed by atoms with E-state index in [1.165, 1.54) is 7.05 Å². The van der Waals surface area contributed by atoms with Gasteiger partial charge in [0.05, 0.1) is 11.4 Å². The van der Waals surface area contributed by atoms with Gasteiger partial charge in [0, 0.05) is 26.8 Å². The van der Waals surface area contributed by atoms with Gasteiger partial charge in [-0.25, -0.2) is 18.1 Å². The van der Waals surface area contributed by atoms with Gasteiger partial charge in [0.15, 0.2) is 5.96 Å². The zero-order valence-electron chi connectivity index (χ0n) is 13.9. The molecule has 23 heavy (non-hydrogen) atoms. The highest BCUT2D eigenvalue weighted by molar-refractivity contribution is 7.89. The number of benzene rings is 1. The second-order valence-corrected chi connectivity index (χ2v) is 6.71. The quantitative estimate of drug-likeness (QED) is 0.349. The van der Waals surface area contributed by atoms with Gasteiger partial charge in [-0.05, 0) is 38.1 Å². The Labute approximate surface area is 138 Å². The minimum Gasteiger partial charge on any atom is -0.385 e. The number of aliphatic imine (C=N–C) groups is 1. The van der Waals surface area contributed by atoms with Gasteiger partial charge in [0.2, 0.25) is 10.0 Å². The Balaban J connectivity index is 2.73. The molecule has 1 aromatic rings. The van der Waals surface area contributed by atoms with Crippen molar-refractivity contribution in [2.75, 3.05) is 33.9 Å². The van der Waals surface area contributed by atoms with Crippen LogP contribution in [0.1, 0.15) is 18.9 Å². The summed E-state index contributed by atoms with van der Waals surface area (Å²) in [7, 11) is -0.365. The van der Waals surface area contributed by atoms with Gasteiger partial charge >= 0.3 is 0 Å². The third-order valence-electron chi connectivity index (χ3n) is 3.06. The number of methoxy groups -OCH3 is 1. The highest BCUT2D eigenvalue weighted by Crippen LogP contribution is 2.11. The Morgan fingerprint density at radius 3 is 2.74 bits per heavy atom. The Bertz CT molecular complexity index is 602. The van der Waals surface area contributed by atoms with E-state index in [0.29, 0.717) is 19.1 Å². The Morgan fingerprint density at radius 2 is 2.09 bits per heavy atom. The summed E-state index contributed by atoms with van der Waals surface area (Å²) in [6.07, 6.45) is 0.886. The first-order valence-electron chi connectivity index (χ1n) is 7.57. The molecule has 0 radical (unpaired) electrons. The molecule has 0 aliphatic heterocycles. The fourth-order valence-corrected chi connectivity index (χ4v) is 2.66. The van der Waals surface area contributed by atoms with E-state index in [4.69, 9.17) is 4.74 Å². The summed E-state index contributed by atoms with van der Waals surface area (Å²) >= 11 is 0. The lowest BCUT2D eigenvalue weighted by Gasteiger charge is -2.11. The lowest BCUT2D eigenvalue weighted by Crippen LogP contribution is -2.38. The van der Waals surface area contributed by atoms with Crippen molar-refractivity contribution in [2.45, 2.75) is 24.8 Å². The van der Waals surface area contributed by atoms with Crippen molar-refractivity contribution in [3.63, 3.8) is 0 Å². The number of nitrogens with one attached hydrogen (secondary N) is 3. The van der Waals surface area contributed by atoms with Crippen molar-refractivity contribution in [3.05, 3.63) is 29.8 Å². The smallest absolute Gasteiger partial charge is 0.240 e. The summed E-state index contributed by atoms with van der Waals surface area (Å²) in [5, 5.41) is 6.36. The molecule has 0 saturated carbocycles. The molecule has 0 fully saturated rings. The zero-order valence-corrected chi connectivity index (χ0v) is 14.7. The average Bonchev–Trinajstić information content (AvgIpc) is 2.56. The van der Waals surface area contributed by atoms with Crippen LogP contribution in [-0.2, 0) is 21.3 Å². The fourth-order valence-electron chi connectivity index (χ4n) is 1.86. The van der Waals surface area contributed by atoms with Crippen LogP contribution in [0.3, 0.4) is 0 Å². The van der Waals surface area contributed by atoms with Crippen LogP contribution in [0.15, 0.2) is 34.2 Å². The second-order valence-electron chi connectivity index (χ2n) is 4.82. The van der Waals surface area contributed by atoms with Gasteiger partial charge in [-0.3, -0.25) is 0 Å². The summed E-state index contributed by atoms with van der Waals surface area (Å²) in [5.74, 6) is 0.700. The molecule has 0 atom stereocenters. The molecule has 130 valence electrons. The summed E-state index contributed by atoms with van der Waals surface area (Å²) in [5.41, 5.74) is 0.829. The Hall–Kier alpha value is -1.64. The maximum absolute atomic E-state index is 11.8. The third-order valence-corrected chi connectivity index (χ3v) is 4.47. The van der Waals surface area contributed by atoms with Crippen LogP contribution in [0.2, 0.25) is 0 Å². The van der Waals surface area contributed by atoms with Gasteiger partial charge in [0.1, 0.15) is 0 Å². The first-order valence-corrected chi connectivity index (χ1v) is 9.05. The van der Waals surface area contributed by atoms with Crippen LogP contribution in [0.4, 0.5) is 0 Å². The molecule has 0 bridgehead atoms. The van der Waals surface area contributed by atoms with Crippen molar-refractivity contribution in [1.82, 2.24) is 15.4 Å². The molecule has 0 amide bonds. The summed E-state index contributed by atoms with van der Waals surface area (Å²) < 4.78 is 30.9. The molecule has 7 nitrogen and oxygen atoms in total. The van der Waals surface area contributed by atoms with Crippen LogP contribution in [-0.4, -0.2) is 48.2 Å². The largest absolute Gasteiger partial charge is 0.385 e. The van der Waals surface area contributed by atoms with Gasteiger partial charge in [0.25, 0.3) is 0 Å². The number of guanidine groups is 1. The molecule has 1 rings (SSSR count). The molecule has 3 N–H and O–H groups in total. The molecule has 0 spiro atoms. The van der Waals surface area contributed by atoms with Crippen LogP contribution in [0.25, 0.3) is 0 Å². The molecule has 1 aromatic carbocycles. The van der Waals surface area contributed by atoms with Crippen molar-refractivity contribution in [1.29, 1.82) is 0 Å². The molecule has 0 heterocycles. The molecule has 0 unspecified atom stereocenters. The topological polar surface area (TPSA) is 91.8 Å². The first-order chi connectivity index (χ1) is 11.0. The SMILES string of the molecule is CCNC(=NCc1cccc(S(=O)(=O)NC)c1)NCCCOC. The van der Waals surface area contributed by atoms with E-state index in [1.54, 1.807) is 25.3 Å². The van der Waals surface area contributed by atoms with Crippen LogP contribution in [0.5, 0.6) is 0 Å². The highest BCUT2D eigenvalue weighted by Gasteiger charge is 2.11. The minimum atomic E-state index is -3.43. The van der Waals surface area contributed by atoms with Crippen molar-refractivity contribution < 1.29 is 13.2 Å². The standard InChI is InChI=1S/C15H26N4O3S/c1-4-17-15(18-9-6-10-22-3)19-12-13-7-5-8-14(11-13)23(20,21)16-2/h5,7-8,11,16H,4,6,9-10,12H2,1-3H3,(H2,17,18,19). The van der Waals surface area contributed by atoms with Crippen molar-refractivity contribution in [3.8, 4) is 0 Å². The molecule has 0 aliphatic carbocycles. The number of nitrogens with zero attached hydrogens (tertiary/aromatic N) is 1. The lowest BCUT2D eigenvalue weighted by atomic mass is 10.2. The minimum absolute atomic E-state index is 0.241. The molecular formula is C15H26N4O3S. The van der Waals surface area contributed by atoms with E-state index >= 15 is 0 Å². The van der Waals surface area contributed by atoms with Crippen molar-refractivity contribution in [2.24, 2.45) is 4.99 Å². The van der Waals surface area contributed by atoms with E-state index in [1.807, 2.05) is 13.0 Å². The van der Waals surface area contributed by atoms with E-state index in [9.17, 15) is 8.42 Å². The van der Waals surface area contributed by atoms with Gasteiger partial charge in [-0.1, -0.05) is 12.1 Å². The number of hydrogen-bond donors (Lipinski definition) is 3. The van der Waals surface area contributed by atoms with E-state index in [2.05, 4.69) is 20.3 Å².